The first-order chi connectivity index (χ1) is 10.2. The van der Waals surface area contributed by atoms with E-state index in [1.54, 1.807) is 6.08 Å². The number of allylic oxidation sites excluding steroid dienone is 2. The third-order valence-corrected chi connectivity index (χ3v) is 3.32. The van der Waals surface area contributed by atoms with Gasteiger partial charge in [0.2, 0.25) is 0 Å². The van der Waals surface area contributed by atoms with Crippen LogP contribution in [-0.4, -0.2) is 16.9 Å². The summed E-state index contributed by atoms with van der Waals surface area (Å²) in [6, 6.07) is 10.0. The standard InChI is InChI=1S/C18H24O3/c19-17(15-14-16-10-6-5-7-11-16)12-8-3-1-2-4-9-13-18(20)21/h5-8,10-12H,1-4,9,13-15H2,(H,20,21)/b12-8+. The number of carboxylic acid groups (broad SMARTS) is 1. The molecule has 0 aliphatic heterocycles. The lowest BCUT2D eigenvalue weighted by Crippen LogP contribution is -1.95. The fourth-order valence-corrected chi connectivity index (χ4v) is 2.10. The summed E-state index contributed by atoms with van der Waals surface area (Å²) >= 11 is 0. The van der Waals surface area contributed by atoms with Crippen LogP contribution in [0, 0.1) is 0 Å². The summed E-state index contributed by atoms with van der Waals surface area (Å²) in [4.78, 5) is 22.0. The van der Waals surface area contributed by atoms with Crippen LogP contribution >= 0.6 is 0 Å². The Labute approximate surface area is 126 Å². The lowest BCUT2D eigenvalue weighted by Gasteiger charge is -1.98. The van der Waals surface area contributed by atoms with Gasteiger partial charge in [-0.3, -0.25) is 9.59 Å². The number of rotatable bonds is 11. The van der Waals surface area contributed by atoms with Crippen molar-refractivity contribution in [2.75, 3.05) is 0 Å². The molecule has 0 saturated heterocycles. The van der Waals surface area contributed by atoms with Gasteiger partial charge >= 0.3 is 5.97 Å². The zero-order chi connectivity index (χ0) is 15.3. The lowest BCUT2D eigenvalue weighted by atomic mass is 10.1. The average Bonchev–Trinajstić information content (AvgIpc) is 2.48. The number of carboxylic acids is 1. The Morgan fingerprint density at radius 1 is 0.952 bits per heavy atom. The molecule has 0 atom stereocenters. The van der Waals surface area contributed by atoms with Crippen LogP contribution in [0.2, 0.25) is 0 Å². The van der Waals surface area contributed by atoms with Crippen molar-refractivity contribution in [3.8, 4) is 0 Å². The summed E-state index contributed by atoms with van der Waals surface area (Å²) in [5.41, 5.74) is 1.19. The van der Waals surface area contributed by atoms with Crippen molar-refractivity contribution in [1.82, 2.24) is 0 Å². The van der Waals surface area contributed by atoms with E-state index in [9.17, 15) is 9.59 Å². The third-order valence-electron chi connectivity index (χ3n) is 3.32. The van der Waals surface area contributed by atoms with Crippen LogP contribution in [-0.2, 0) is 16.0 Å². The molecule has 21 heavy (non-hydrogen) atoms. The van der Waals surface area contributed by atoms with Gasteiger partial charge in [-0.2, -0.15) is 0 Å². The van der Waals surface area contributed by atoms with Crippen LogP contribution in [0.4, 0.5) is 0 Å². The molecule has 0 aliphatic rings. The van der Waals surface area contributed by atoms with Gasteiger partial charge in [0.05, 0.1) is 0 Å². The normalized spacial score (nSPS) is 10.9. The first-order valence-electron chi connectivity index (χ1n) is 7.63. The second-order valence-corrected chi connectivity index (χ2v) is 5.20. The van der Waals surface area contributed by atoms with Crippen molar-refractivity contribution in [2.24, 2.45) is 0 Å². The molecule has 114 valence electrons. The molecule has 1 N–H and O–H groups in total. The van der Waals surface area contributed by atoms with Gasteiger partial charge in [-0.25, -0.2) is 0 Å². The van der Waals surface area contributed by atoms with Crippen molar-refractivity contribution in [2.45, 2.75) is 51.4 Å². The van der Waals surface area contributed by atoms with Gasteiger partial charge in [0.15, 0.2) is 5.78 Å². The Bertz CT molecular complexity index is 449. The number of carbonyl (C=O) groups excluding carboxylic acids is 1. The molecule has 1 aromatic carbocycles. The minimum atomic E-state index is -0.723. The van der Waals surface area contributed by atoms with Crippen LogP contribution in [0.15, 0.2) is 42.5 Å². The maximum atomic E-state index is 11.7. The molecule has 0 heterocycles. The smallest absolute Gasteiger partial charge is 0.303 e. The van der Waals surface area contributed by atoms with Crippen LogP contribution in [0.3, 0.4) is 0 Å². The molecule has 0 amide bonds. The number of ketones is 1. The zero-order valence-electron chi connectivity index (χ0n) is 12.5. The number of aliphatic carboxylic acids is 1. The first kappa shape index (κ1) is 17.2. The van der Waals surface area contributed by atoms with Crippen molar-refractivity contribution in [3.05, 3.63) is 48.0 Å². The topological polar surface area (TPSA) is 54.4 Å². The molecule has 0 aliphatic carbocycles. The number of aryl methyl sites for hydroxylation is 1. The number of unbranched alkanes of at least 4 members (excludes halogenated alkanes) is 4. The summed E-state index contributed by atoms with van der Waals surface area (Å²) in [6.45, 7) is 0. The Morgan fingerprint density at radius 2 is 1.67 bits per heavy atom. The summed E-state index contributed by atoms with van der Waals surface area (Å²) in [6.07, 6.45) is 9.84. The lowest BCUT2D eigenvalue weighted by molar-refractivity contribution is -0.137. The third kappa shape index (κ3) is 9.61. The molecule has 0 bridgehead atoms. The van der Waals surface area contributed by atoms with Crippen molar-refractivity contribution in [3.63, 3.8) is 0 Å². The Balaban J connectivity index is 2.02. The van der Waals surface area contributed by atoms with Crippen LogP contribution in [0.5, 0.6) is 0 Å². The molecule has 0 unspecified atom stereocenters. The number of benzene rings is 1. The van der Waals surface area contributed by atoms with Crippen LogP contribution < -0.4 is 0 Å². The van der Waals surface area contributed by atoms with Crippen molar-refractivity contribution >= 4 is 11.8 Å². The zero-order valence-corrected chi connectivity index (χ0v) is 12.5. The highest BCUT2D eigenvalue weighted by molar-refractivity contribution is 5.89. The van der Waals surface area contributed by atoms with E-state index >= 15 is 0 Å². The monoisotopic (exact) mass is 288 g/mol. The predicted molar refractivity (Wildman–Crippen MR) is 84.2 cm³/mol. The van der Waals surface area contributed by atoms with Crippen molar-refractivity contribution in [1.29, 1.82) is 0 Å². The van der Waals surface area contributed by atoms with Gasteiger partial charge in [-0.1, -0.05) is 49.2 Å². The summed E-state index contributed by atoms with van der Waals surface area (Å²) < 4.78 is 0. The SMILES string of the molecule is O=C(O)CCCCCC/C=C/C(=O)CCc1ccccc1. The molecule has 1 aromatic rings. The molecule has 0 saturated carbocycles. The molecular weight excluding hydrogens is 264 g/mol. The highest BCUT2D eigenvalue weighted by Gasteiger charge is 1.98. The van der Waals surface area contributed by atoms with Gasteiger partial charge in [0, 0.05) is 12.8 Å². The van der Waals surface area contributed by atoms with E-state index in [-0.39, 0.29) is 12.2 Å². The van der Waals surface area contributed by atoms with Gasteiger partial charge < -0.3 is 5.11 Å². The molecular formula is C18H24O3. The second kappa shape index (κ2) is 10.8. The van der Waals surface area contributed by atoms with E-state index in [0.717, 1.165) is 38.5 Å². The highest BCUT2D eigenvalue weighted by atomic mass is 16.4. The Morgan fingerprint density at radius 3 is 2.38 bits per heavy atom. The molecule has 3 heteroatoms. The molecule has 3 nitrogen and oxygen atoms in total. The Kier molecular flexibility index (Phi) is 8.85. The minimum absolute atomic E-state index is 0.171. The number of carbonyl (C=O) groups is 2. The van der Waals surface area contributed by atoms with E-state index in [2.05, 4.69) is 0 Å². The minimum Gasteiger partial charge on any atom is -0.481 e. The maximum absolute atomic E-state index is 11.7. The number of hydrogen-bond donors (Lipinski definition) is 1. The predicted octanol–water partition coefficient (Wildman–Crippen LogP) is 4.17. The summed E-state index contributed by atoms with van der Waals surface area (Å²) in [7, 11) is 0. The molecule has 1 rings (SSSR count). The maximum Gasteiger partial charge on any atom is 0.303 e. The quantitative estimate of drug-likeness (QED) is 0.491. The van der Waals surface area contributed by atoms with Crippen LogP contribution in [0.25, 0.3) is 0 Å². The largest absolute Gasteiger partial charge is 0.481 e. The van der Waals surface area contributed by atoms with E-state index in [4.69, 9.17) is 5.11 Å². The van der Waals surface area contributed by atoms with Gasteiger partial charge in [0.25, 0.3) is 0 Å². The average molecular weight is 288 g/mol. The van der Waals surface area contributed by atoms with Crippen molar-refractivity contribution < 1.29 is 14.7 Å². The fourth-order valence-electron chi connectivity index (χ4n) is 2.10. The summed E-state index contributed by atoms with van der Waals surface area (Å²) in [5.74, 6) is -0.552. The second-order valence-electron chi connectivity index (χ2n) is 5.20. The number of hydrogen-bond acceptors (Lipinski definition) is 2. The first-order valence-corrected chi connectivity index (χ1v) is 7.63. The van der Waals surface area contributed by atoms with E-state index in [1.807, 2.05) is 36.4 Å². The van der Waals surface area contributed by atoms with Gasteiger partial charge in [-0.05, 0) is 37.3 Å². The Hall–Kier alpha value is -1.90. The summed E-state index contributed by atoms with van der Waals surface area (Å²) in [5, 5.41) is 8.50. The van der Waals surface area contributed by atoms with Crippen LogP contribution in [0.1, 0.15) is 50.5 Å². The van der Waals surface area contributed by atoms with Gasteiger partial charge in [0.1, 0.15) is 0 Å². The van der Waals surface area contributed by atoms with Gasteiger partial charge in [-0.15, -0.1) is 0 Å². The molecule has 0 aromatic heterocycles. The molecule has 0 spiro atoms. The molecule has 0 fully saturated rings. The van der Waals surface area contributed by atoms with E-state index in [0.29, 0.717) is 6.42 Å². The van der Waals surface area contributed by atoms with E-state index in [1.165, 1.54) is 5.56 Å². The highest BCUT2D eigenvalue weighted by Crippen LogP contribution is 2.07. The molecule has 0 radical (unpaired) electrons. The van der Waals surface area contributed by atoms with E-state index < -0.39 is 5.97 Å². The fraction of sp³-hybridized carbons (Fsp3) is 0.444.